The van der Waals surface area contributed by atoms with Gasteiger partial charge in [0.2, 0.25) is 5.91 Å². The van der Waals surface area contributed by atoms with Gasteiger partial charge in [0.15, 0.2) is 0 Å². The summed E-state index contributed by atoms with van der Waals surface area (Å²) in [4.78, 5) is 26.6. The van der Waals surface area contributed by atoms with Crippen molar-refractivity contribution in [2.24, 2.45) is 0 Å². The zero-order chi connectivity index (χ0) is 19.2. The van der Waals surface area contributed by atoms with Gasteiger partial charge in [-0.25, -0.2) is 0 Å². The van der Waals surface area contributed by atoms with Crippen LogP contribution in [0.2, 0.25) is 0 Å². The van der Waals surface area contributed by atoms with E-state index in [2.05, 4.69) is 16.1 Å². The SMILES string of the molecule is COc1cccc(CN2CCN(C(=O)CCn3ccc([N+](=O)[O-])n3)CC2)c1. The quantitative estimate of drug-likeness (QED) is 0.540. The van der Waals surface area contributed by atoms with Crippen molar-refractivity contribution in [3.05, 3.63) is 52.2 Å². The van der Waals surface area contributed by atoms with Crippen molar-refractivity contribution in [3.63, 3.8) is 0 Å². The first-order valence-corrected chi connectivity index (χ1v) is 8.86. The normalized spacial score (nSPS) is 14.9. The Kier molecular flexibility index (Phi) is 6.02. The summed E-state index contributed by atoms with van der Waals surface area (Å²) in [5.74, 6) is 0.697. The molecule has 0 saturated carbocycles. The number of hydrogen-bond acceptors (Lipinski definition) is 6. The van der Waals surface area contributed by atoms with Gasteiger partial charge in [-0.2, -0.15) is 4.68 Å². The van der Waals surface area contributed by atoms with Crippen LogP contribution in [-0.2, 0) is 17.9 Å². The number of nitrogens with zero attached hydrogens (tertiary/aromatic N) is 5. The Hall–Kier alpha value is -2.94. The van der Waals surface area contributed by atoms with E-state index in [-0.39, 0.29) is 18.1 Å². The molecule has 1 aliphatic rings. The zero-order valence-corrected chi connectivity index (χ0v) is 15.3. The molecule has 0 spiro atoms. The van der Waals surface area contributed by atoms with Gasteiger partial charge < -0.3 is 19.8 Å². The molecule has 0 unspecified atom stereocenters. The van der Waals surface area contributed by atoms with Gasteiger partial charge >= 0.3 is 5.82 Å². The monoisotopic (exact) mass is 373 g/mol. The summed E-state index contributed by atoms with van der Waals surface area (Å²) in [5, 5.41) is 14.5. The minimum atomic E-state index is -0.542. The van der Waals surface area contributed by atoms with E-state index in [1.165, 1.54) is 22.5 Å². The summed E-state index contributed by atoms with van der Waals surface area (Å²) in [5.41, 5.74) is 1.19. The molecule has 0 bridgehead atoms. The number of aromatic nitrogens is 2. The van der Waals surface area contributed by atoms with Gasteiger partial charge in [0.05, 0.1) is 31.0 Å². The average Bonchev–Trinajstić information content (AvgIpc) is 3.16. The third-order valence-corrected chi connectivity index (χ3v) is 4.63. The van der Waals surface area contributed by atoms with Crippen LogP contribution in [0, 0.1) is 10.1 Å². The predicted octanol–water partition coefficient (Wildman–Crippen LogP) is 1.53. The van der Waals surface area contributed by atoms with E-state index >= 15 is 0 Å². The van der Waals surface area contributed by atoms with E-state index in [0.717, 1.165) is 25.4 Å². The van der Waals surface area contributed by atoms with Gasteiger partial charge in [-0.3, -0.25) is 9.69 Å². The van der Waals surface area contributed by atoms with E-state index in [0.29, 0.717) is 19.6 Å². The van der Waals surface area contributed by atoms with Gasteiger partial charge in [0.1, 0.15) is 5.75 Å². The number of rotatable bonds is 7. The lowest BCUT2D eigenvalue weighted by Crippen LogP contribution is -2.48. The minimum absolute atomic E-state index is 0.0502. The van der Waals surface area contributed by atoms with Crippen LogP contribution in [0.1, 0.15) is 12.0 Å². The molecule has 144 valence electrons. The third-order valence-electron chi connectivity index (χ3n) is 4.63. The van der Waals surface area contributed by atoms with Crippen LogP contribution in [0.15, 0.2) is 36.5 Å². The van der Waals surface area contributed by atoms with Gasteiger partial charge in [-0.15, -0.1) is 0 Å². The van der Waals surface area contributed by atoms with Gasteiger partial charge in [0, 0.05) is 39.1 Å². The van der Waals surface area contributed by atoms with E-state index < -0.39 is 4.92 Å². The second-order valence-electron chi connectivity index (χ2n) is 6.45. The van der Waals surface area contributed by atoms with Crippen LogP contribution >= 0.6 is 0 Å². The van der Waals surface area contributed by atoms with Crippen LogP contribution in [0.25, 0.3) is 0 Å². The largest absolute Gasteiger partial charge is 0.497 e. The standard InChI is InChI=1S/C18H23N5O4/c1-27-16-4-2-3-15(13-16)14-20-9-11-21(12-10-20)18(24)6-8-22-7-5-17(19-22)23(25)26/h2-5,7,13H,6,8-12,14H2,1H3. The molecule has 9 nitrogen and oxygen atoms in total. The highest BCUT2D eigenvalue weighted by Crippen LogP contribution is 2.15. The Morgan fingerprint density at radius 2 is 2.04 bits per heavy atom. The molecule has 3 rings (SSSR count). The maximum absolute atomic E-state index is 12.4. The van der Waals surface area contributed by atoms with Crippen LogP contribution in [0.5, 0.6) is 5.75 Å². The second kappa shape index (κ2) is 8.63. The van der Waals surface area contributed by atoms with Gasteiger partial charge in [0.25, 0.3) is 0 Å². The molecule has 1 saturated heterocycles. The molecule has 2 heterocycles. The molecule has 0 aliphatic carbocycles. The van der Waals surface area contributed by atoms with Crippen molar-refractivity contribution in [2.75, 3.05) is 33.3 Å². The molecule has 0 atom stereocenters. The van der Waals surface area contributed by atoms with E-state index in [4.69, 9.17) is 4.74 Å². The molecule has 1 aromatic heterocycles. The highest BCUT2D eigenvalue weighted by atomic mass is 16.6. The first-order valence-electron chi connectivity index (χ1n) is 8.86. The van der Waals surface area contributed by atoms with E-state index in [9.17, 15) is 14.9 Å². The van der Waals surface area contributed by atoms with Crippen molar-refractivity contribution in [3.8, 4) is 5.75 Å². The Labute approximate surface area is 157 Å². The summed E-state index contributed by atoms with van der Waals surface area (Å²) in [6.07, 6.45) is 1.81. The van der Waals surface area contributed by atoms with E-state index in [1.807, 2.05) is 23.1 Å². The molecule has 2 aromatic rings. The maximum atomic E-state index is 12.4. The number of nitro groups is 1. The first-order chi connectivity index (χ1) is 13.0. The molecule has 1 aromatic carbocycles. The summed E-state index contributed by atoms with van der Waals surface area (Å²) in [6, 6.07) is 9.34. The minimum Gasteiger partial charge on any atom is -0.497 e. The Balaban J connectivity index is 1.43. The summed E-state index contributed by atoms with van der Waals surface area (Å²) >= 11 is 0. The fourth-order valence-electron chi connectivity index (χ4n) is 3.13. The number of hydrogen-bond donors (Lipinski definition) is 0. The number of piperazine rings is 1. The Morgan fingerprint density at radius 3 is 2.70 bits per heavy atom. The van der Waals surface area contributed by atoms with Crippen LogP contribution < -0.4 is 4.74 Å². The summed E-state index contributed by atoms with van der Waals surface area (Å²) in [7, 11) is 1.66. The molecule has 1 fully saturated rings. The smallest absolute Gasteiger partial charge is 0.389 e. The van der Waals surface area contributed by atoms with Crippen molar-refractivity contribution in [1.82, 2.24) is 19.6 Å². The zero-order valence-electron chi connectivity index (χ0n) is 15.3. The fraction of sp³-hybridized carbons (Fsp3) is 0.444. The lowest BCUT2D eigenvalue weighted by molar-refractivity contribution is -0.389. The highest BCUT2D eigenvalue weighted by molar-refractivity contribution is 5.76. The fourth-order valence-corrected chi connectivity index (χ4v) is 3.13. The molecule has 0 N–H and O–H groups in total. The molecular weight excluding hydrogens is 350 g/mol. The first kappa shape index (κ1) is 18.8. The molecule has 1 amide bonds. The number of carbonyl (C=O) groups is 1. The third kappa shape index (κ3) is 5.04. The molecule has 9 heteroatoms. The van der Waals surface area contributed by atoms with Gasteiger partial charge in [-0.1, -0.05) is 12.1 Å². The number of ether oxygens (including phenoxy) is 1. The maximum Gasteiger partial charge on any atom is 0.389 e. The van der Waals surface area contributed by atoms with E-state index in [1.54, 1.807) is 7.11 Å². The number of carbonyl (C=O) groups excluding carboxylic acids is 1. The average molecular weight is 373 g/mol. The van der Waals surface area contributed by atoms with Crippen LogP contribution in [0.3, 0.4) is 0 Å². The Morgan fingerprint density at radius 1 is 1.26 bits per heavy atom. The highest BCUT2D eigenvalue weighted by Gasteiger charge is 2.21. The van der Waals surface area contributed by atoms with Crippen LogP contribution in [0.4, 0.5) is 5.82 Å². The molecular formula is C18H23N5O4. The van der Waals surface area contributed by atoms with Crippen molar-refractivity contribution >= 4 is 11.7 Å². The molecule has 27 heavy (non-hydrogen) atoms. The second-order valence-corrected chi connectivity index (χ2v) is 6.45. The number of amides is 1. The number of aryl methyl sites for hydroxylation is 1. The lowest BCUT2D eigenvalue weighted by Gasteiger charge is -2.34. The number of benzene rings is 1. The number of methoxy groups -OCH3 is 1. The van der Waals surface area contributed by atoms with Crippen molar-refractivity contribution in [2.45, 2.75) is 19.5 Å². The topological polar surface area (TPSA) is 93.7 Å². The summed E-state index contributed by atoms with van der Waals surface area (Å²) in [6.45, 7) is 4.17. The van der Waals surface area contributed by atoms with Crippen molar-refractivity contribution in [1.29, 1.82) is 0 Å². The molecule has 0 radical (unpaired) electrons. The van der Waals surface area contributed by atoms with Crippen molar-refractivity contribution < 1.29 is 14.5 Å². The lowest BCUT2D eigenvalue weighted by atomic mass is 10.2. The Bertz CT molecular complexity index is 799. The summed E-state index contributed by atoms with van der Waals surface area (Å²) < 4.78 is 6.69. The molecule has 1 aliphatic heterocycles. The predicted molar refractivity (Wildman–Crippen MR) is 98.3 cm³/mol. The van der Waals surface area contributed by atoms with Crippen LogP contribution in [-0.4, -0.2) is 63.7 Å². The van der Waals surface area contributed by atoms with Gasteiger partial charge in [-0.05, 0) is 22.6 Å².